The molecule has 1 aromatic carbocycles. The summed E-state index contributed by atoms with van der Waals surface area (Å²) in [5.41, 5.74) is 3.32. The molecule has 32 heavy (non-hydrogen) atoms. The highest BCUT2D eigenvalue weighted by Gasteiger charge is 2.21. The third-order valence-electron chi connectivity index (χ3n) is 5.19. The monoisotopic (exact) mass is 440 g/mol. The highest BCUT2D eigenvalue weighted by molar-refractivity contribution is 5.90. The van der Waals surface area contributed by atoms with Gasteiger partial charge in [0.1, 0.15) is 6.61 Å². The summed E-state index contributed by atoms with van der Waals surface area (Å²) in [5, 5.41) is 22.0. The van der Waals surface area contributed by atoms with Crippen LogP contribution in [0.1, 0.15) is 40.5 Å². The molecule has 1 aliphatic rings. The third-order valence-corrected chi connectivity index (χ3v) is 5.19. The summed E-state index contributed by atoms with van der Waals surface area (Å²) in [7, 11) is 0. The van der Waals surface area contributed by atoms with E-state index in [0.717, 1.165) is 48.3 Å². The molecule has 0 spiro atoms. The van der Waals surface area contributed by atoms with Crippen LogP contribution in [0.15, 0.2) is 54.3 Å². The molecule has 1 aliphatic heterocycles. The smallest absolute Gasteiger partial charge is 0.358 e. The van der Waals surface area contributed by atoms with Crippen LogP contribution in [0.5, 0.6) is 5.75 Å². The van der Waals surface area contributed by atoms with Crippen molar-refractivity contribution in [2.24, 2.45) is 5.34 Å². The van der Waals surface area contributed by atoms with E-state index in [9.17, 15) is 9.90 Å². The lowest BCUT2D eigenvalue weighted by molar-refractivity contribution is 0.0662. The van der Waals surface area contributed by atoms with Gasteiger partial charge in [0, 0.05) is 42.3 Å². The van der Waals surface area contributed by atoms with Crippen molar-refractivity contribution in [3.05, 3.63) is 70.7 Å². The Labute approximate surface area is 184 Å². The number of ether oxygens (including phenoxy) is 2. The molecule has 1 fully saturated rings. The van der Waals surface area contributed by atoms with Crippen LogP contribution >= 0.6 is 0 Å². The summed E-state index contributed by atoms with van der Waals surface area (Å²) in [5.74, 6) is -0.821. The van der Waals surface area contributed by atoms with Gasteiger partial charge in [-0.1, -0.05) is 30.3 Å². The SMILES string of the molecule is Cc1c(-c2cnn(C3CCOCC3)c2)cnc(C(=O)O)c1OCc1ccccc1.O=NO. The molecule has 0 amide bonds. The molecule has 0 aliphatic carbocycles. The Kier molecular flexibility index (Phi) is 7.87. The molecule has 0 radical (unpaired) electrons. The zero-order chi connectivity index (χ0) is 22.9. The number of carboxylic acids is 1. The molecule has 2 N–H and O–H groups in total. The van der Waals surface area contributed by atoms with Gasteiger partial charge in [0.05, 0.1) is 12.2 Å². The molecule has 10 heteroatoms. The van der Waals surface area contributed by atoms with Crippen molar-refractivity contribution in [2.45, 2.75) is 32.4 Å². The maximum absolute atomic E-state index is 11.7. The average Bonchev–Trinajstić information content (AvgIpc) is 3.30. The topological polar surface area (TPSA) is 136 Å². The molecule has 4 rings (SSSR count). The van der Waals surface area contributed by atoms with Gasteiger partial charge in [0.25, 0.3) is 0 Å². The largest absolute Gasteiger partial charge is 0.486 e. The van der Waals surface area contributed by atoms with Crippen LogP contribution in [0.3, 0.4) is 0 Å². The van der Waals surface area contributed by atoms with Crippen LogP contribution in [0, 0.1) is 11.8 Å². The number of aromatic carboxylic acids is 1. The number of aromatic nitrogens is 3. The summed E-state index contributed by atoms with van der Waals surface area (Å²) in [6, 6.07) is 9.95. The van der Waals surface area contributed by atoms with Crippen molar-refractivity contribution in [2.75, 3.05) is 13.2 Å². The zero-order valence-electron chi connectivity index (χ0n) is 17.5. The summed E-state index contributed by atoms with van der Waals surface area (Å²) in [4.78, 5) is 24.0. The minimum atomic E-state index is -1.11. The average molecular weight is 440 g/mol. The summed E-state index contributed by atoms with van der Waals surface area (Å²) in [6.45, 7) is 3.61. The maximum atomic E-state index is 11.7. The Morgan fingerprint density at radius 3 is 2.59 bits per heavy atom. The van der Waals surface area contributed by atoms with Crippen LogP contribution in [0.2, 0.25) is 0 Å². The van der Waals surface area contributed by atoms with Crippen molar-refractivity contribution >= 4 is 5.97 Å². The van der Waals surface area contributed by atoms with Gasteiger partial charge in [-0.3, -0.25) is 4.68 Å². The van der Waals surface area contributed by atoms with E-state index in [-0.39, 0.29) is 18.1 Å². The first-order valence-electron chi connectivity index (χ1n) is 10.0. The molecule has 2 aromatic heterocycles. The molecule has 3 aromatic rings. The van der Waals surface area contributed by atoms with Gasteiger partial charge in [-0.25, -0.2) is 9.78 Å². The molecule has 0 atom stereocenters. The van der Waals surface area contributed by atoms with Crippen molar-refractivity contribution in [3.63, 3.8) is 0 Å². The first kappa shape index (κ1) is 22.9. The molecular formula is C22H24N4O6. The quantitative estimate of drug-likeness (QED) is 0.433. The Bertz CT molecular complexity index is 1050. The van der Waals surface area contributed by atoms with Gasteiger partial charge in [-0.2, -0.15) is 5.10 Å². The van der Waals surface area contributed by atoms with Crippen molar-refractivity contribution in [1.29, 1.82) is 0 Å². The number of carbonyl (C=O) groups is 1. The normalized spacial score (nSPS) is 13.7. The van der Waals surface area contributed by atoms with E-state index in [1.54, 1.807) is 12.4 Å². The fraction of sp³-hybridized carbons (Fsp3) is 0.318. The molecule has 0 saturated carbocycles. The van der Waals surface area contributed by atoms with Gasteiger partial charge in [-0.05, 0) is 25.3 Å². The van der Waals surface area contributed by atoms with Gasteiger partial charge in [0.15, 0.2) is 16.8 Å². The third kappa shape index (κ3) is 5.46. The standard InChI is InChI=1S/C22H23N3O4.HNO2/c1-15-19(17-11-24-25(13-17)18-7-9-28-10-8-18)12-23-20(22(26)27)21(15)29-14-16-5-3-2-4-6-16;2-1-3/h2-6,11-13,18H,7-10,14H2,1H3,(H,26,27);(H,2,3). The zero-order valence-corrected chi connectivity index (χ0v) is 17.5. The van der Waals surface area contributed by atoms with Gasteiger partial charge >= 0.3 is 5.97 Å². The fourth-order valence-electron chi connectivity index (χ4n) is 3.56. The Morgan fingerprint density at radius 2 is 1.94 bits per heavy atom. The lowest BCUT2D eigenvalue weighted by atomic mass is 10.0. The van der Waals surface area contributed by atoms with Crippen LogP contribution in [-0.2, 0) is 11.3 Å². The number of rotatable bonds is 6. The molecule has 3 heterocycles. The Balaban J connectivity index is 0.000000913. The van der Waals surface area contributed by atoms with Crippen LogP contribution in [0.25, 0.3) is 11.1 Å². The van der Waals surface area contributed by atoms with E-state index in [4.69, 9.17) is 19.6 Å². The van der Waals surface area contributed by atoms with E-state index in [2.05, 4.69) is 10.1 Å². The predicted octanol–water partition coefficient (Wildman–Crippen LogP) is 4.02. The number of hydrogen-bond acceptors (Lipinski definition) is 7. The van der Waals surface area contributed by atoms with Crippen LogP contribution in [0.4, 0.5) is 0 Å². The minimum absolute atomic E-state index is 0.0843. The number of carboxylic acid groups (broad SMARTS) is 1. The number of nitrogens with zero attached hydrogens (tertiary/aromatic N) is 4. The predicted molar refractivity (Wildman–Crippen MR) is 115 cm³/mol. The lowest BCUT2D eigenvalue weighted by Gasteiger charge is -2.22. The summed E-state index contributed by atoms with van der Waals surface area (Å²) >= 11 is 0. The molecule has 1 saturated heterocycles. The van der Waals surface area contributed by atoms with Crippen molar-refractivity contribution < 1.29 is 24.6 Å². The summed E-state index contributed by atoms with van der Waals surface area (Å²) in [6.07, 6.45) is 7.23. The van der Waals surface area contributed by atoms with Crippen LogP contribution in [-0.4, -0.2) is 44.3 Å². The van der Waals surface area contributed by atoms with E-state index in [1.165, 1.54) is 5.34 Å². The van der Waals surface area contributed by atoms with Crippen molar-refractivity contribution in [1.82, 2.24) is 14.8 Å². The molecule has 0 unspecified atom stereocenters. The van der Waals surface area contributed by atoms with Gasteiger partial charge in [0.2, 0.25) is 0 Å². The first-order valence-corrected chi connectivity index (χ1v) is 10.0. The second kappa shape index (κ2) is 11.0. The van der Waals surface area contributed by atoms with Crippen molar-refractivity contribution in [3.8, 4) is 16.9 Å². The fourth-order valence-corrected chi connectivity index (χ4v) is 3.56. The Morgan fingerprint density at radius 1 is 1.25 bits per heavy atom. The van der Waals surface area contributed by atoms with E-state index < -0.39 is 5.97 Å². The molecule has 0 bridgehead atoms. The Hall–Kier alpha value is -3.79. The van der Waals surface area contributed by atoms with Gasteiger partial charge in [-0.15, -0.1) is 4.91 Å². The number of benzene rings is 1. The lowest BCUT2D eigenvalue weighted by Crippen LogP contribution is -2.19. The highest BCUT2D eigenvalue weighted by atomic mass is 16.6. The molecule has 168 valence electrons. The second-order valence-electron chi connectivity index (χ2n) is 7.19. The molecule has 10 nitrogen and oxygen atoms in total. The summed E-state index contributed by atoms with van der Waals surface area (Å²) < 4.78 is 13.3. The first-order chi connectivity index (χ1) is 15.5. The van der Waals surface area contributed by atoms with E-state index in [1.807, 2.05) is 48.1 Å². The number of pyridine rings is 1. The minimum Gasteiger partial charge on any atom is -0.486 e. The van der Waals surface area contributed by atoms with E-state index in [0.29, 0.717) is 6.04 Å². The second-order valence-corrected chi connectivity index (χ2v) is 7.19. The maximum Gasteiger partial charge on any atom is 0.358 e. The van der Waals surface area contributed by atoms with E-state index >= 15 is 0 Å². The highest BCUT2D eigenvalue weighted by Crippen LogP contribution is 2.33. The van der Waals surface area contributed by atoms with Gasteiger partial charge < -0.3 is 19.8 Å². The molecular weight excluding hydrogens is 416 g/mol. The number of hydrogen-bond donors (Lipinski definition) is 2. The van der Waals surface area contributed by atoms with Crippen LogP contribution < -0.4 is 4.74 Å².